The molecule has 0 bridgehead atoms. The molecule has 104 valence electrons. The number of hydrogen-bond donors (Lipinski definition) is 3. The average Bonchev–Trinajstić information content (AvgIpc) is 2.89. The Bertz CT molecular complexity index is 408. The molecule has 1 aromatic carbocycles. The summed E-state index contributed by atoms with van der Waals surface area (Å²) < 4.78 is 0. The Labute approximate surface area is 115 Å². The number of hydrogen-bond acceptors (Lipinski definition) is 3. The van der Waals surface area contributed by atoms with E-state index in [0.717, 1.165) is 18.8 Å². The number of rotatable bonds is 5. The summed E-state index contributed by atoms with van der Waals surface area (Å²) in [5.74, 6) is -0.0148. The van der Waals surface area contributed by atoms with Crippen molar-refractivity contribution in [2.24, 2.45) is 0 Å². The second-order valence-corrected chi connectivity index (χ2v) is 5.38. The SMILES string of the molecule is CC(C)NC(=O)c1ccc(NCC2CCCN2)cc1. The number of amides is 1. The van der Waals surface area contributed by atoms with Crippen molar-refractivity contribution >= 4 is 11.6 Å². The van der Waals surface area contributed by atoms with Crippen molar-refractivity contribution in [2.75, 3.05) is 18.4 Å². The van der Waals surface area contributed by atoms with Gasteiger partial charge in [-0.3, -0.25) is 4.79 Å². The molecule has 1 unspecified atom stereocenters. The van der Waals surface area contributed by atoms with E-state index in [1.165, 1.54) is 12.8 Å². The highest BCUT2D eigenvalue weighted by Crippen LogP contribution is 2.11. The molecule has 4 nitrogen and oxygen atoms in total. The minimum atomic E-state index is -0.0148. The largest absolute Gasteiger partial charge is 0.383 e. The highest BCUT2D eigenvalue weighted by atomic mass is 16.1. The summed E-state index contributed by atoms with van der Waals surface area (Å²) in [6.07, 6.45) is 2.50. The molecular weight excluding hydrogens is 238 g/mol. The summed E-state index contributed by atoms with van der Waals surface area (Å²) in [6.45, 7) is 5.99. The van der Waals surface area contributed by atoms with Crippen molar-refractivity contribution in [3.05, 3.63) is 29.8 Å². The van der Waals surface area contributed by atoms with Crippen LogP contribution in [-0.4, -0.2) is 31.1 Å². The fraction of sp³-hybridized carbons (Fsp3) is 0.533. The predicted molar refractivity (Wildman–Crippen MR) is 78.6 cm³/mol. The topological polar surface area (TPSA) is 53.2 Å². The third-order valence-electron chi connectivity index (χ3n) is 3.28. The van der Waals surface area contributed by atoms with Gasteiger partial charge in [0, 0.05) is 29.9 Å². The molecule has 1 aliphatic heterocycles. The molecule has 19 heavy (non-hydrogen) atoms. The Hall–Kier alpha value is -1.55. The van der Waals surface area contributed by atoms with Crippen LogP contribution in [0.2, 0.25) is 0 Å². The number of carbonyl (C=O) groups excluding carboxylic acids is 1. The van der Waals surface area contributed by atoms with Crippen LogP contribution >= 0.6 is 0 Å². The number of benzene rings is 1. The molecule has 1 atom stereocenters. The standard InChI is InChI=1S/C15H23N3O/c1-11(2)18-15(19)12-5-7-13(8-6-12)17-10-14-4-3-9-16-14/h5-8,11,14,16-17H,3-4,9-10H2,1-2H3,(H,18,19). The summed E-state index contributed by atoms with van der Waals surface area (Å²) in [5, 5.41) is 9.74. The van der Waals surface area contributed by atoms with Gasteiger partial charge in [-0.1, -0.05) is 0 Å². The molecule has 1 fully saturated rings. The first-order chi connectivity index (χ1) is 9.15. The first kappa shape index (κ1) is 13.9. The zero-order valence-electron chi connectivity index (χ0n) is 11.7. The first-order valence-corrected chi connectivity index (χ1v) is 7.03. The van der Waals surface area contributed by atoms with E-state index in [4.69, 9.17) is 0 Å². The molecule has 3 N–H and O–H groups in total. The van der Waals surface area contributed by atoms with E-state index in [-0.39, 0.29) is 11.9 Å². The minimum absolute atomic E-state index is 0.0148. The lowest BCUT2D eigenvalue weighted by Gasteiger charge is -2.13. The quantitative estimate of drug-likeness (QED) is 0.760. The third kappa shape index (κ3) is 4.24. The van der Waals surface area contributed by atoms with Crippen molar-refractivity contribution in [3.63, 3.8) is 0 Å². The van der Waals surface area contributed by atoms with E-state index in [0.29, 0.717) is 11.6 Å². The van der Waals surface area contributed by atoms with Gasteiger partial charge in [-0.05, 0) is 57.5 Å². The smallest absolute Gasteiger partial charge is 0.251 e. The fourth-order valence-corrected chi connectivity index (χ4v) is 2.26. The van der Waals surface area contributed by atoms with E-state index in [1.54, 1.807) is 0 Å². The van der Waals surface area contributed by atoms with Crippen LogP contribution in [-0.2, 0) is 0 Å². The van der Waals surface area contributed by atoms with Crippen molar-refractivity contribution in [1.82, 2.24) is 10.6 Å². The van der Waals surface area contributed by atoms with Gasteiger partial charge in [-0.25, -0.2) is 0 Å². The Balaban J connectivity index is 1.85. The molecule has 0 spiro atoms. The lowest BCUT2D eigenvalue weighted by molar-refractivity contribution is 0.0943. The normalized spacial score (nSPS) is 18.6. The van der Waals surface area contributed by atoms with Crippen LogP contribution in [0, 0.1) is 0 Å². The van der Waals surface area contributed by atoms with Crippen LogP contribution in [0.4, 0.5) is 5.69 Å². The third-order valence-corrected chi connectivity index (χ3v) is 3.28. The first-order valence-electron chi connectivity index (χ1n) is 7.03. The zero-order chi connectivity index (χ0) is 13.7. The van der Waals surface area contributed by atoms with Crippen LogP contribution in [0.5, 0.6) is 0 Å². The average molecular weight is 261 g/mol. The van der Waals surface area contributed by atoms with Crippen molar-refractivity contribution < 1.29 is 4.79 Å². The van der Waals surface area contributed by atoms with Crippen LogP contribution in [0.25, 0.3) is 0 Å². The maximum absolute atomic E-state index is 11.8. The van der Waals surface area contributed by atoms with Crippen molar-refractivity contribution in [3.8, 4) is 0 Å². The van der Waals surface area contributed by atoms with Gasteiger partial charge in [0.2, 0.25) is 0 Å². The van der Waals surface area contributed by atoms with Gasteiger partial charge in [0.25, 0.3) is 5.91 Å². The maximum Gasteiger partial charge on any atom is 0.251 e. The van der Waals surface area contributed by atoms with Gasteiger partial charge in [0.15, 0.2) is 0 Å². The molecule has 1 aliphatic rings. The molecule has 4 heteroatoms. The number of carbonyl (C=O) groups is 1. The molecule has 1 heterocycles. The maximum atomic E-state index is 11.8. The Morgan fingerprint density at radius 3 is 2.68 bits per heavy atom. The molecule has 0 aliphatic carbocycles. The van der Waals surface area contributed by atoms with Crippen LogP contribution in [0.1, 0.15) is 37.0 Å². The number of anilines is 1. The van der Waals surface area contributed by atoms with Gasteiger partial charge in [-0.2, -0.15) is 0 Å². The van der Waals surface area contributed by atoms with Gasteiger partial charge >= 0.3 is 0 Å². The van der Waals surface area contributed by atoms with E-state index in [1.807, 2.05) is 38.1 Å². The molecule has 0 aromatic heterocycles. The fourth-order valence-electron chi connectivity index (χ4n) is 2.26. The lowest BCUT2D eigenvalue weighted by atomic mass is 10.1. The Morgan fingerprint density at radius 1 is 1.37 bits per heavy atom. The van der Waals surface area contributed by atoms with Crippen molar-refractivity contribution in [2.45, 2.75) is 38.8 Å². The van der Waals surface area contributed by atoms with E-state index < -0.39 is 0 Å². The molecule has 1 amide bonds. The lowest BCUT2D eigenvalue weighted by Crippen LogP contribution is -2.30. The van der Waals surface area contributed by atoms with Crippen LogP contribution in [0.3, 0.4) is 0 Å². The highest BCUT2D eigenvalue weighted by molar-refractivity contribution is 5.94. The zero-order valence-corrected chi connectivity index (χ0v) is 11.7. The molecular formula is C15H23N3O. The number of nitrogens with one attached hydrogen (secondary N) is 3. The molecule has 0 saturated carbocycles. The van der Waals surface area contributed by atoms with E-state index >= 15 is 0 Å². The summed E-state index contributed by atoms with van der Waals surface area (Å²) in [5.41, 5.74) is 1.77. The monoisotopic (exact) mass is 261 g/mol. The van der Waals surface area contributed by atoms with Crippen LogP contribution < -0.4 is 16.0 Å². The minimum Gasteiger partial charge on any atom is -0.383 e. The summed E-state index contributed by atoms with van der Waals surface area (Å²) in [7, 11) is 0. The summed E-state index contributed by atoms with van der Waals surface area (Å²) in [6, 6.07) is 8.39. The highest BCUT2D eigenvalue weighted by Gasteiger charge is 2.13. The van der Waals surface area contributed by atoms with E-state index in [2.05, 4.69) is 16.0 Å². The van der Waals surface area contributed by atoms with Gasteiger partial charge < -0.3 is 16.0 Å². The van der Waals surface area contributed by atoms with Gasteiger partial charge in [0.1, 0.15) is 0 Å². The summed E-state index contributed by atoms with van der Waals surface area (Å²) in [4.78, 5) is 11.8. The van der Waals surface area contributed by atoms with Crippen molar-refractivity contribution in [1.29, 1.82) is 0 Å². The van der Waals surface area contributed by atoms with E-state index in [9.17, 15) is 4.79 Å². The van der Waals surface area contributed by atoms with Gasteiger partial charge in [0.05, 0.1) is 0 Å². The van der Waals surface area contributed by atoms with Crippen LogP contribution in [0.15, 0.2) is 24.3 Å². The molecule has 1 aromatic rings. The molecule has 2 rings (SSSR count). The van der Waals surface area contributed by atoms with Gasteiger partial charge in [-0.15, -0.1) is 0 Å². The Morgan fingerprint density at radius 2 is 2.11 bits per heavy atom. The second-order valence-electron chi connectivity index (χ2n) is 5.38. The molecule has 1 saturated heterocycles. The summed E-state index contributed by atoms with van der Waals surface area (Å²) >= 11 is 0. The Kier molecular flexibility index (Phi) is 4.80. The molecule has 0 radical (unpaired) electrons. The predicted octanol–water partition coefficient (Wildman–Crippen LogP) is 1.99. The second kappa shape index (κ2) is 6.57.